The van der Waals surface area contributed by atoms with Crippen LogP contribution in [0.1, 0.15) is 75.5 Å². The summed E-state index contributed by atoms with van der Waals surface area (Å²) < 4.78 is 0. The monoisotopic (exact) mass is 220 g/mol. The van der Waals surface area contributed by atoms with E-state index in [2.05, 4.69) is 18.8 Å². The third kappa shape index (κ3) is 2.66. The summed E-state index contributed by atoms with van der Waals surface area (Å²) in [6.07, 6.45) is 10.3. The van der Waals surface area contributed by atoms with Crippen molar-refractivity contribution >= 4 is 0 Å². The number of unbranched alkanes of at least 4 members (excludes halogenated alkanes) is 3. The third-order valence-corrected chi connectivity index (χ3v) is 3.66. The van der Waals surface area contributed by atoms with Gasteiger partial charge in [0.25, 0.3) is 0 Å². The van der Waals surface area contributed by atoms with E-state index in [4.69, 9.17) is 4.98 Å². The highest BCUT2D eigenvalue weighted by molar-refractivity contribution is 5.21. The molecule has 1 aromatic rings. The fourth-order valence-electron chi connectivity index (χ4n) is 2.64. The van der Waals surface area contributed by atoms with Crippen LogP contribution in [0.5, 0.6) is 0 Å². The first kappa shape index (κ1) is 11.7. The minimum absolute atomic E-state index is 0.671. The minimum Gasteiger partial charge on any atom is -0.346 e. The molecule has 2 nitrogen and oxygen atoms in total. The Bertz CT molecular complexity index is 327. The fourth-order valence-corrected chi connectivity index (χ4v) is 2.64. The van der Waals surface area contributed by atoms with Gasteiger partial charge in [-0.05, 0) is 25.7 Å². The smallest absolute Gasteiger partial charge is 0.106 e. The highest BCUT2D eigenvalue weighted by Crippen LogP contribution is 2.29. The van der Waals surface area contributed by atoms with Crippen molar-refractivity contribution in [2.24, 2.45) is 0 Å². The van der Waals surface area contributed by atoms with Crippen LogP contribution in [0.25, 0.3) is 0 Å². The number of aryl methyl sites for hydroxylation is 2. The van der Waals surface area contributed by atoms with E-state index >= 15 is 0 Å². The number of fused-ring (bicyclic) bond motifs is 1. The van der Waals surface area contributed by atoms with Gasteiger partial charge in [0.15, 0.2) is 0 Å². The molecule has 0 saturated carbocycles. The van der Waals surface area contributed by atoms with Crippen LogP contribution in [-0.4, -0.2) is 9.97 Å². The highest BCUT2D eigenvalue weighted by atomic mass is 14.9. The van der Waals surface area contributed by atoms with Gasteiger partial charge in [0, 0.05) is 18.0 Å². The number of aromatic nitrogens is 2. The van der Waals surface area contributed by atoms with Crippen molar-refractivity contribution < 1.29 is 0 Å². The average Bonchev–Trinajstić information content (AvgIpc) is 2.69. The average molecular weight is 220 g/mol. The SMILES string of the molecule is CCCCCCc1nc2c([nH]1)CCCC2C. The van der Waals surface area contributed by atoms with Crippen molar-refractivity contribution in [2.45, 2.75) is 71.1 Å². The molecule has 0 radical (unpaired) electrons. The first-order valence-electron chi connectivity index (χ1n) is 6.89. The molecule has 0 bridgehead atoms. The van der Waals surface area contributed by atoms with Gasteiger partial charge in [-0.3, -0.25) is 0 Å². The van der Waals surface area contributed by atoms with Crippen molar-refractivity contribution in [1.82, 2.24) is 9.97 Å². The van der Waals surface area contributed by atoms with Gasteiger partial charge in [0.2, 0.25) is 0 Å². The highest BCUT2D eigenvalue weighted by Gasteiger charge is 2.20. The summed E-state index contributed by atoms with van der Waals surface area (Å²) >= 11 is 0. The second-order valence-corrected chi connectivity index (χ2v) is 5.15. The van der Waals surface area contributed by atoms with Crippen LogP contribution >= 0.6 is 0 Å². The van der Waals surface area contributed by atoms with Gasteiger partial charge in [-0.1, -0.05) is 33.1 Å². The van der Waals surface area contributed by atoms with E-state index in [9.17, 15) is 0 Å². The van der Waals surface area contributed by atoms with Crippen LogP contribution in [0.4, 0.5) is 0 Å². The van der Waals surface area contributed by atoms with Gasteiger partial charge >= 0.3 is 0 Å². The molecule has 0 saturated heterocycles. The van der Waals surface area contributed by atoms with Crippen LogP contribution in [0.3, 0.4) is 0 Å². The fraction of sp³-hybridized carbons (Fsp3) is 0.786. The van der Waals surface area contributed by atoms with E-state index in [1.165, 1.54) is 62.2 Å². The Labute approximate surface area is 98.9 Å². The van der Waals surface area contributed by atoms with E-state index in [0.717, 1.165) is 6.42 Å². The molecule has 1 aliphatic carbocycles. The molecule has 0 aliphatic heterocycles. The predicted molar refractivity (Wildman–Crippen MR) is 67.8 cm³/mol. The van der Waals surface area contributed by atoms with E-state index in [1.54, 1.807) is 0 Å². The van der Waals surface area contributed by atoms with Crippen LogP contribution in [0.15, 0.2) is 0 Å². The number of rotatable bonds is 5. The van der Waals surface area contributed by atoms with Gasteiger partial charge in [0.1, 0.15) is 5.82 Å². The predicted octanol–water partition coefficient (Wildman–Crippen LogP) is 3.97. The van der Waals surface area contributed by atoms with Crippen molar-refractivity contribution in [3.63, 3.8) is 0 Å². The quantitative estimate of drug-likeness (QED) is 0.747. The van der Waals surface area contributed by atoms with Crippen LogP contribution in [0, 0.1) is 0 Å². The van der Waals surface area contributed by atoms with Crippen molar-refractivity contribution in [1.29, 1.82) is 0 Å². The summed E-state index contributed by atoms with van der Waals surface area (Å²) in [5.74, 6) is 1.90. The molecule has 1 atom stereocenters. The van der Waals surface area contributed by atoms with Gasteiger partial charge in [-0.15, -0.1) is 0 Å². The van der Waals surface area contributed by atoms with Gasteiger partial charge in [0.05, 0.1) is 5.69 Å². The van der Waals surface area contributed by atoms with Crippen LogP contribution < -0.4 is 0 Å². The van der Waals surface area contributed by atoms with Crippen molar-refractivity contribution in [3.8, 4) is 0 Å². The zero-order valence-electron chi connectivity index (χ0n) is 10.7. The Balaban J connectivity index is 1.91. The maximum absolute atomic E-state index is 4.77. The molecule has 1 unspecified atom stereocenters. The maximum Gasteiger partial charge on any atom is 0.106 e. The van der Waals surface area contributed by atoms with E-state index in [1.807, 2.05) is 0 Å². The molecule has 16 heavy (non-hydrogen) atoms. The first-order valence-corrected chi connectivity index (χ1v) is 6.89. The lowest BCUT2D eigenvalue weighted by Gasteiger charge is -2.15. The maximum atomic E-state index is 4.77. The molecule has 1 heterocycles. The second kappa shape index (κ2) is 5.51. The van der Waals surface area contributed by atoms with Gasteiger partial charge in [-0.2, -0.15) is 0 Å². The number of H-pyrrole nitrogens is 1. The first-order chi connectivity index (χ1) is 7.81. The lowest BCUT2D eigenvalue weighted by molar-refractivity contribution is 0.574. The van der Waals surface area contributed by atoms with Crippen LogP contribution in [-0.2, 0) is 12.8 Å². The zero-order valence-corrected chi connectivity index (χ0v) is 10.7. The molecule has 1 aromatic heterocycles. The molecule has 1 N–H and O–H groups in total. The van der Waals surface area contributed by atoms with E-state index in [-0.39, 0.29) is 0 Å². The largest absolute Gasteiger partial charge is 0.346 e. The number of hydrogen-bond donors (Lipinski definition) is 1. The lowest BCUT2D eigenvalue weighted by atomic mass is 9.92. The second-order valence-electron chi connectivity index (χ2n) is 5.15. The minimum atomic E-state index is 0.671. The molecular weight excluding hydrogens is 196 g/mol. The molecular formula is C14H24N2. The Kier molecular flexibility index (Phi) is 4.03. The number of imidazole rings is 1. The number of nitrogens with one attached hydrogen (secondary N) is 1. The normalized spacial score (nSPS) is 19.8. The number of aromatic amines is 1. The van der Waals surface area contributed by atoms with E-state index in [0.29, 0.717) is 5.92 Å². The standard InChI is InChI=1S/C14H24N2/c1-3-4-5-6-10-13-15-12-9-7-8-11(2)14(12)16-13/h11H,3-10H2,1-2H3,(H,15,16). The number of hydrogen-bond acceptors (Lipinski definition) is 1. The van der Waals surface area contributed by atoms with Crippen molar-refractivity contribution in [3.05, 3.63) is 17.2 Å². The van der Waals surface area contributed by atoms with Crippen LogP contribution in [0.2, 0.25) is 0 Å². The Morgan fingerprint density at radius 2 is 2.19 bits per heavy atom. The summed E-state index contributed by atoms with van der Waals surface area (Å²) in [4.78, 5) is 8.30. The summed E-state index contributed by atoms with van der Waals surface area (Å²) in [5, 5.41) is 0. The summed E-state index contributed by atoms with van der Waals surface area (Å²) in [5.41, 5.74) is 2.78. The van der Waals surface area contributed by atoms with Gasteiger partial charge < -0.3 is 4.98 Å². The summed E-state index contributed by atoms with van der Waals surface area (Å²) in [7, 11) is 0. The van der Waals surface area contributed by atoms with E-state index < -0.39 is 0 Å². The summed E-state index contributed by atoms with van der Waals surface area (Å²) in [6.45, 7) is 4.56. The van der Waals surface area contributed by atoms with Gasteiger partial charge in [-0.25, -0.2) is 4.98 Å². The Morgan fingerprint density at radius 3 is 2.94 bits per heavy atom. The lowest BCUT2D eigenvalue weighted by Crippen LogP contribution is -2.05. The molecule has 2 rings (SSSR count). The topological polar surface area (TPSA) is 28.7 Å². The Morgan fingerprint density at radius 1 is 1.31 bits per heavy atom. The molecule has 0 spiro atoms. The van der Waals surface area contributed by atoms with Crippen molar-refractivity contribution in [2.75, 3.05) is 0 Å². The molecule has 0 amide bonds. The molecule has 0 fully saturated rings. The number of nitrogens with zero attached hydrogens (tertiary/aromatic N) is 1. The molecule has 2 heteroatoms. The molecule has 0 aromatic carbocycles. The summed E-state index contributed by atoms with van der Waals surface area (Å²) in [6, 6.07) is 0. The zero-order chi connectivity index (χ0) is 11.4. The molecule has 90 valence electrons. The molecule has 1 aliphatic rings. The third-order valence-electron chi connectivity index (χ3n) is 3.66. The Hall–Kier alpha value is -0.790.